The van der Waals surface area contributed by atoms with Gasteiger partial charge in [-0.2, -0.15) is 5.10 Å². The minimum absolute atomic E-state index is 0.490. The van der Waals surface area contributed by atoms with E-state index in [0.717, 1.165) is 22.4 Å². The van der Waals surface area contributed by atoms with Gasteiger partial charge in [0.05, 0.1) is 12.3 Å². The van der Waals surface area contributed by atoms with Gasteiger partial charge in [0.25, 0.3) is 5.91 Å². The molecule has 0 heterocycles. The van der Waals surface area contributed by atoms with Crippen LogP contribution in [0.4, 0.5) is 0 Å². The molecule has 1 amide bonds. The summed E-state index contributed by atoms with van der Waals surface area (Å²) in [5.41, 5.74) is 5.03. The number of nitrogens with zero attached hydrogens (tertiary/aromatic N) is 1. The van der Waals surface area contributed by atoms with E-state index in [9.17, 15) is 9.90 Å². The largest absolute Gasteiger partial charge is 0.494 e. The van der Waals surface area contributed by atoms with Gasteiger partial charge in [0, 0.05) is 0 Å². The average molecular weight is 417 g/mol. The van der Waals surface area contributed by atoms with E-state index in [0.29, 0.717) is 23.4 Å². The number of carbonyl (C=O) groups is 1. The molecule has 0 saturated heterocycles. The third kappa shape index (κ3) is 5.01. The van der Waals surface area contributed by atoms with Crippen molar-refractivity contribution in [1.82, 2.24) is 5.43 Å². The van der Waals surface area contributed by atoms with Crippen molar-refractivity contribution in [3.63, 3.8) is 0 Å². The number of aliphatic hydroxyl groups is 1. The molecular weight excluding hydrogens is 388 g/mol. The van der Waals surface area contributed by atoms with Gasteiger partial charge in [0.15, 0.2) is 5.60 Å². The Labute approximate surface area is 183 Å². The summed E-state index contributed by atoms with van der Waals surface area (Å²) in [6, 6.07) is 22.1. The number of amides is 1. The van der Waals surface area contributed by atoms with Crippen molar-refractivity contribution in [1.29, 1.82) is 0 Å². The molecule has 0 bridgehead atoms. The third-order valence-corrected chi connectivity index (χ3v) is 5.11. The molecule has 160 valence electrons. The Morgan fingerprint density at radius 2 is 1.52 bits per heavy atom. The molecule has 0 aromatic heterocycles. The van der Waals surface area contributed by atoms with E-state index in [4.69, 9.17) is 4.74 Å². The van der Waals surface area contributed by atoms with Crippen LogP contribution in [0, 0.1) is 13.8 Å². The molecule has 5 nitrogen and oxygen atoms in total. The molecule has 31 heavy (non-hydrogen) atoms. The molecule has 2 N–H and O–H groups in total. The lowest BCUT2D eigenvalue weighted by atomic mass is 9.84. The summed E-state index contributed by atoms with van der Waals surface area (Å²) in [6.45, 7) is 8.17. The minimum Gasteiger partial charge on any atom is -0.494 e. The Bertz CT molecular complexity index is 1040. The van der Waals surface area contributed by atoms with Crippen molar-refractivity contribution >= 4 is 11.6 Å². The predicted molar refractivity (Wildman–Crippen MR) is 123 cm³/mol. The molecule has 0 aliphatic heterocycles. The van der Waals surface area contributed by atoms with Crippen LogP contribution in [0.3, 0.4) is 0 Å². The first-order valence-electron chi connectivity index (χ1n) is 10.3. The van der Waals surface area contributed by atoms with Gasteiger partial charge < -0.3 is 9.84 Å². The summed E-state index contributed by atoms with van der Waals surface area (Å²) in [5, 5.41) is 15.9. The molecular formula is C26H28N2O3. The van der Waals surface area contributed by atoms with Crippen LogP contribution >= 0.6 is 0 Å². The summed E-state index contributed by atoms with van der Waals surface area (Å²) in [6.07, 6.45) is 0. The number of rotatable bonds is 7. The zero-order valence-electron chi connectivity index (χ0n) is 18.3. The summed E-state index contributed by atoms with van der Waals surface area (Å²) in [7, 11) is 0. The van der Waals surface area contributed by atoms with Gasteiger partial charge in [-0.3, -0.25) is 4.79 Å². The van der Waals surface area contributed by atoms with Gasteiger partial charge in [-0.1, -0.05) is 59.7 Å². The Kier molecular flexibility index (Phi) is 6.88. The van der Waals surface area contributed by atoms with Crippen molar-refractivity contribution in [2.75, 3.05) is 6.61 Å². The maximum Gasteiger partial charge on any atom is 0.281 e. The first kappa shape index (κ1) is 22.2. The quantitative estimate of drug-likeness (QED) is 0.441. The predicted octanol–water partition coefficient (Wildman–Crippen LogP) is 4.48. The molecule has 0 unspecified atom stereocenters. The van der Waals surface area contributed by atoms with E-state index in [2.05, 4.69) is 10.5 Å². The summed E-state index contributed by atoms with van der Waals surface area (Å²) in [5.74, 6) is 0.158. The summed E-state index contributed by atoms with van der Waals surface area (Å²) in [4.78, 5) is 13.3. The maximum atomic E-state index is 13.3. The Morgan fingerprint density at radius 1 is 0.968 bits per heavy atom. The summed E-state index contributed by atoms with van der Waals surface area (Å²) >= 11 is 0. The highest BCUT2D eigenvalue weighted by Crippen LogP contribution is 2.31. The number of ether oxygens (including phenoxy) is 1. The fourth-order valence-corrected chi connectivity index (χ4v) is 3.41. The van der Waals surface area contributed by atoms with E-state index in [1.54, 1.807) is 19.1 Å². The second kappa shape index (κ2) is 9.58. The Morgan fingerprint density at radius 3 is 2.00 bits per heavy atom. The topological polar surface area (TPSA) is 70.9 Å². The normalized spacial score (nSPS) is 11.8. The highest BCUT2D eigenvalue weighted by atomic mass is 16.5. The van der Waals surface area contributed by atoms with Gasteiger partial charge in [-0.25, -0.2) is 5.43 Å². The van der Waals surface area contributed by atoms with E-state index in [1.807, 2.05) is 81.4 Å². The fraction of sp³-hybridized carbons (Fsp3) is 0.231. The van der Waals surface area contributed by atoms with Gasteiger partial charge >= 0.3 is 0 Å². The lowest BCUT2D eigenvalue weighted by Gasteiger charge is -2.28. The first-order chi connectivity index (χ1) is 14.8. The molecule has 0 aliphatic rings. The van der Waals surface area contributed by atoms with Crippen molar-refractivity contribution < 1.29 is 14.6 Å². The van der Waals surface area contributed by atoms with Gasteiger partial charge in [0.2, 0.25) is 0 Å². The maximum absolute atomic E-state index is 13.3. The first-order valence-corrected chi connectivity index (χ1v) is 10.3. The average Bonchev–Trinajstić information content (AvgIpc) is 2.77. The van der Waals surface area contributed by atoms with Crippen molar-refractivity contribution in [3.05, 3.63) is 101 Å². The zero-order chi connectivity index (χ0) is 22.4. The minimum atomic E-state index is -1.87. The molecule has 3 aromatic rings. The van der Waals surface area contributed by atoms with E-state index in [1.165, 1.54) is 0 Å². The third-order valence-electron chi connectivity index (χ3n) is 5.11. The van der Waals surface area contributed by atoms with Crippen LogP contribution in [0.15, 0.2) is 77.9 Å². The van der Waals surface area contributed by atoms with Crippen molar-refractivity contribution in [3.8, 4) is 5.75 Å². The molecule has 0 saturated carbocycles. The molecule has 3 rings (SSSR count). The number of nitrogens with one attached hydrogen (secondary N) is 1. The van der Waals surface area contributed by atoms with Crippen molar-refractivity contribution in [2.24, 2.45) is 5.10 Å². The van der Waals surface area contributed by atoms with Crippen molar-refractivity contribution in [2.45, 2.75) is 33.3 Å². The van der Waals surface area contributed by atoms with Gasteiger partial charge in [-0.05, 0) is 68.7 Å². The molecule has 0 spiro atoms. The van der Waals surface area contributed by atoms with E-state index >= 15 is 0 Å². The van der Waals surface area contributed by atoms with E-state index < -0.39 is 11.5 Å². The van der Waals surface area contributed by atoms with E-state index in [-0.39, 0.29) is 0 Å². The highest BCUT2D eigenvalue weighted by Gasteiger charge is 2.40. The number of aryl methyl sites for hydroxylation is 2. The zero-order valence-corrected chi connectivity index (χ0v) is 18.3. The molecule has 0 atom stereocenters. The second-order valence-electron chi connectivity index (χ2n) is 7.54. The standard InChI is InChI=1S/C26H28N2O3/c1-5-31-24-14-12-21(13-15-24)20(4)27-28-25(29)26(30,22-10-6-8-18(2)16-22)23-11-7-9-19(3)17-23/h6-17,30H,5H2,1-4H3,(H,28,29)/b27-20-. The summed E-state index contributed by atoms with van der Waals surface area (Å²) < 4.78 is 5.46. The van der Waals surface area contributed by atoms with Crippen LogP contribution in [-0.2, 0) is 10.4 Å². The number of hydrazone groups is 1. The smallest absolute Gasteiger partial charge is 0.281 e. The Balaban J connectivity index is 1.92. The monoisotopic (exact) mass is 416 g/mol. The molecule has 0 radical (unpaired) electrons. The fourth-order valence-electron chi connectivity index (χ4n) is 3.41. The second-order valence-corrected chi connectivity index (χ2v) is 7.54. The highest BCUT2D eigenvalue weighted by molar-refractivity contribution is 6.00. The van der Waals surface area contributed by atoms with Crippen LogP contribution in [-0.4, -0.2) is 23.3 Å². The molecule has 0 fully saturated rings. The molecule has 3 aromatic carbocycles. The van der Waals surface area contributed by atoms with Crippen LogP contribution in [0.1, 0.15) is 41.7 Å². The van der Waals surface area contributed by atoms with Crippen LogP contribution < -0.4 is 10.2 Å². The number of hydrogen-bond acceptors (Lipinski definition) is 4. The van der Waals surface area contributed by atoms with Crippen LogP contribution in [0.2, 0.25) is 0 Å². The van der Waals surface area contributed by atoms with Crippen LogP contribution in [0.25, 0.3) is 0 Å². The number of hydrogen-bond donors (Lipinski definition) is 2. The van der Waals surface area contributed by atoms with Gasteiger partial charge in [-0.15, -0.1) is 0 Å². The lowest BCUT2D eigenvalue weighted by Crippen LogP contribution is -2.44. The van der Waals surface area contributed by atoms with Gasteiger partial charge in [0.1, 0.15) is 5.75 Å². The number of carbonyl (C=O) groups excluding carboxylic acids is 1. The number of benzene rings is 3. The lowest BCUT2D eigenvalue weighted by molar-refractivity contribution is -0.136. The molecule has 0 aliphatic carbocycles. The van der Waals surface area contributed by atoms with Crippen LogP contribution in [0.5, 0.6) is 5.75 Å². The Hall–Kier alpha value is -3.44. The molecule has 5 heteroatoms. The SMILES string of the molecule is CCOc1ccc(/C(C)=N\NC(=O)C(O)(c2cccc(C)c2)c2cccc(C)c2)cc1.